The molecule has 6 heteroatoms. The van der Waals surface area contributed by atoms with E-state index in [0.29, 0.717) is 12.5 Å². The Kier molecular flexibility index (Phi) is 8.03. The van der Waals surface area contributed by atoms with E-state index in [1.54, 1.807) is 7.11 Å². The molecule has 0 spiro atoms. The molecule has 1 saturated carbocycles. The van der Waals surface area contributed by atoms with Crippen LogP contribution in [0.2, 0.25) is 0 Å². The number of hydrogen-bond donors (Lipinski definition) is 2. The highest BCUT2D eigenvalue weighted by Crippen LogP contribution is 2.32. The number of nitrogens with zero attached hydrogens (tertiary/aromatic N) is 1. The SMILES string of the molecule is COc1ccc(CN=C(N)Nc2ccccc2)cc1OC1CCCC1.I. The molecular formula is C20H26IN3O2. The lowest BCUT2D eigenvalue weighted by Gasteiger charge is -2.16. The van der Waals surface area contributed by atoms with Crippen LogP contribution in [0.25, 0.3) is 0 Å². The third-order valence-electron chi connectivity index (χ3n) is 4.30. The van der Waals surface area contributed by atoms with Crippen molar-refractivity contribution in [2.45, 2.75) is 38.3 Å². The fourth-order valence-corrected chi connectivity index (χ4v) is 2.98. The maximum Gasteiger partial charge on any atom is 0.193 e. The van der Waals surface area contributed by atoms with Crippen LogP contribution in [0.4, 0.5) is 5.69 Å². The van der Waals surface area contributed by atoms with E-state index >= 15 is 0 Å². The van der Waals surface area contributed by atoms with Gasteiger partial charge in [-0.05, 0) is 55.5 Å². The third-order valence-corrected chi connectivity index (χ3v) is 4.30. The van der Waals surface area contributed by atoms with Gasteiger partial charge in [-0.25, -0.2) is 4.99 Å². The van der Waals surface area contributed by atoms with Gasteiger partial charge in [0, 0.05) is 5.69 Å². The molecule has 2 aromatic rings. The van der Waals surface area contributed by atoms with E-state index in [1.165, 1.54) is 12.8 Å². The highest BCUT2D eigenvalue weighted by Gasteiger charge is 2.18. The normalized spacial score (nSPS) is 14.6. The molecule has 140 valence electrons. The summed E-state index contributed by atoms with van der Waals surface area (Å²) in [6, 6.07) is 15.7. The van der Waals surface area contributed by atoms with Gasteiger partial charge in [-0.3, -0.25) is 0 Å². The van der Waals surface area contributed by atoms with Crippen LogP contribution in [0.15, 0.2) is 53.5 Å². The van der Waals surface area contributed by atoms with Crippen LogP contribution in [-0.2, 0) is 6.54 Å². The first-order chi connectivity index (χ1) is 12.2. The van der Waals surface area contributed by atoms with Crippen LogP contribution in [0.3, 0.4) is 0 Å². The smallest absolute Gasteiger partial charge is 0.193 e. The van der Waals surface area contributed by atoms with Gasteiger partial charge in [-0.15, -0.1) is 24.0 Å². The molecule has 0 unspecified atom stereocenters. The minimum atomic E-state index is 0. The molecule has 3 N–H and O–H groups in total. The van der Waals surface area contributed by atoms with Gasteiger partial charge in [-0.1, -0.05) is 24.3 Å². The second kappa shape index (κ2) is 10.3. The molecule has 5 nitrogen and oxygen atoms in total. The van der Waals surface area contributed by atoms with Gasteiger partial charge in [0.1, 0.15) is 0 Å². The summed E-state index contributed by atoms with van der Waals surface area (Å²) in [7, 11) is 1.66. The predicted molar refractivity (Wildman–Crippen MR) is 117 cm³/mol. The van der Waals surface area contributed by atoms with Crippen molar-refractivity contribution in [3.05, 3.63) is 54.1 Å². The van der Waals surface area contributed by atoms with E-state index < -0.39 is 0 Å². The molecule has 0 heterocycles. The first kappa shape index (κ1) is 20.4. The minimum absolute atomic E-state index is 0. The van der Waals surface area contributed by atoms with Crippen LogP contribution in [0.5, 0.6) is 11.5 Å². The highest BCUT2D eigenvalue weighted by molar-refractivity contribution is 14.0. The van der Waals surface area contributed by atoms with Gasteiger partial charge in [0.25, 0.3) is 0 Å². The van der Waals surface area contributed by atoms with Crippen molar-refractivity contribution in [1.82, 2.24) is 0 Å². The minimum Gasteiger partial charge on any atom is -0.493 e. The summed E-state index contributed by atoms with van der Waals surface area (Å²) in [6.45, 7) is 0.483. The number of nitrogens with one attached hydrogen (secondary N) is 1. The van der Waals surface area contributed by atoms with Gasteiger partial charge >= 0.3 is 0 Å². The number of hydrogen-bond acceptors (Lipinski definition) is 3. The van der Waals surface area contributed by atoms with Crippen LogP contribution in [0.1, 0.15) is 31.2 Å². The number of ether oxygens (including phenoxy) is 2. The second-order valence-electron chi connectivity index (χ2n) is 6.20. The summed E-state index contributed by atoms with van der Waals surface area (Å²) in [5.41, 5.74) is 7.92. The summed E-state index contributed by atoms with van der Waals surface area (Å²) >= 11 is 0. The zero-order valence-corrected chi connectivity index (χ0v) is 17.3. The average molecular weight is 467 g/mol. The largest absolute Gasteiger partial charge is 0.493 e. The zero-order valence-electron chi connectivity index (χ0n) is 15.0. The van der Waals surface area contributed by atoms with Gasteiger partial charge < -0.3 is 20.5 Å². The number of rotatable bonds is 6. The highest BCUT2D eigenvalue weighted by atomic mass is 127. The fourth-order valence-electron chi connectivity index (χ4n) is 2.98. The Hall–Kier alpha value is -1.96. The third kappa shape index (κ3) is 5.79. The number of anilines is 1. The van der Waals surface area contributed by atoms with Gasteiger partial charge in [0.05, 0.1) is 19.8 Å². The molecule has 1 fully saturated rings. The van der Waals surface area contributed by atoms with E-state index in [9.17, 15) is 0 Å². The maximum absolute atomic E-state index is 6.12. The molecule has 0 amide bonds. The summed E-state index contributed by atoms with van der Waals surface area (Å²) in [5.74, 6) is 1.94. The van der Waals surface area contributed by atoms with E-state index in [-0.39, 0.29) is 30.1 Å². The van der Waals surface area contributed by atoms with Crippen molar-refractivity contribution in [3.8, 4) is 11.5 Å². The Bertz CT molecular complexity index is 716. The molecule has 3 rings (SSSR count). The predicted octanol–water partition coefficient (Wildman–Crippen LogP) is 4.56. The van der Waals surface area contributed by atoms with E-state index in [4.69, 9.17) is 15.2 Å². The lowest BCUT2D eigenvalue weighted by molar-refractivity contribution is 0.200. The second-order valence-corrected chi connectivity index (χ2v) is 6.20. The molecule has 2 aromatic carbocycles. The zero-order chi connectivity index (χ0) is 17.5. The van der Waals surface area contributed by atoms with Crippen molar-refractivity contribution in [2.75, 3.05) is 12.4 Å². The Morgan fingerprint density at radius 1 is 1.12 bits per heavy atom. The Morgan fingerprint density at radius 2 is 1.85 bits per heavy atom. The molecule has 26 heavy (non-hydrogen) atoms. The standard InChI is InChI=1S/C20H25N3O2.HI/c1-24-18-12-11-15(13-19(18)25-17-9-5-6-10-17)14-22-20(21)23-16-7-3-2-4-8-16;/h2-4,7-8,11-13,17H,5-6,9-10,14H2,1H3,(H3,21,22,23);1H. The Labute approximate surface area is 172 Å². The first-order valence-electron chi connectivity index (χ1n) is 8.70. The quantitative estimate of drug-likeness (QED) is 0.371. The molecule has 1 aliphatic carbocycles. The van der Waals surface area contributed by atoms with Crippen molar-refractivity contribution in [1.29, 1.82) is 0 Å². The summed E-state index contributed by atoms with van der Waals surface area (Å²) < 4.78 is 11.5. The summed E-state index contributed by atoms with van der Waals surface area (Å²) in [4.78, 5) is 4.41. The maximum atomic E-state index is 6.12. The molecule has 0 aliphatic heterocycles. The van der Waals surface area contributed by atoms with Gasteiger partial charge in [0.2, 0.25) is 0 Å². The van der Waals surface area contributed by atoms with E-state index in [1.807, 2.05) is 48.5 Å². The number of nitrogens with two attached hydrogens (primary N) is 1. The van der Waals surface area contributed by atoms with Crippen molar-refractivity contribution in [2.24, 2.45) is 10.7 Å². The lowest BCUT2D eigenvalue weighted by Crippen LogP contribution is -2.22. The summed E-state index contributed by atoms with van der Waals surface area (Å²) in [6.07, 6.45) is 4.98. The molecule has 0 aromatic heterocycles. The lowest BCUT2D eigenvalue weighted by atomic mass is 10.2. The Morgan fingerprint density at radius 3 is 2.54 bits per heavy atom. The molecule has 0 radical (unpaired) electrons. The molecular weight excluding hydrogens is 441 g/mol. The molecule has 1 aliphatic rings. The number of guanidine groups is 1. The van der Waals surface area contributed by atoms with Crippen LogP contribution in [-0.4, -0.2) is 19.2 Å². The topological polar surface area (TPSA) is 68.9 Å². The monoisotopic (exact) mass is 467 g/mol. The number of halogens is 1. The fraction of sp³-hybridized carbons (Fsp3) is 0.350. The molecule has 0 atom stereocenters. The van der Waals surface area contributed by atoms with Crippen LogP contribution >= 0.6 is 24.0 Å². The first-order valence-corrected chi connectivity index (χ1v) is 8.70. The van der Waals surface area contributed by atoms with Crippen molar-refractivity contribution in [3.63, 3.8) is 0 Å². The average Bonchev–Trinajstić information content (AvgIpc) is 3.14. The molecule has 0 saturated heterocycles. The Balaban J connectivity index is 0.00000243. The number of para-hydroxylation sites is 1. The van der Waals surface area contributed by atoms with Gasteiger partial charge in [-0.2, -0.15) is 0 Å². The van der Waals surface area contributed by atoms with E-state index in [0.717, 1.165) is 35.6 Å². The summed E-state index contributed by atoms with van der Waals surface area (Å²) in [5, 5.41) is 3.08. The number of benzene rings is 2. The number of aliphatic imine (C=N–C) groups is 1. The van der Waals surface area contributed by atoms with Crippen LogP contribution in [0, 0.1) is 0 Å². The van der Waals surface area contributed by atoms with Gasteiger partial charge in [0.15, 0.2) is 17.5 Å². The van der Waals surface area contributed by atoms with Crippen molar-refractivity contribution >= 4 is 35.6 Å². The molecule has 0 bridgehead atoms. The van der Waals surface area contributed by atoms with Crippen LogP contribution < -0.4 is 20.5 Å². The number of methoxy groups -OCH3 is 1. The van der Waals surface area contributed by atoms with E-state index in [2.05, 4.69) is 10.3 Å². The van der Waals surface area contributed by atoms with Crippen molar-refractivity contribution < 1.29 is 9.47 Å².